The first-order chi connectivity index (χ1) is 11.9. The van der Waals surface area contributed by atoms with Crippen LogP contribution in [0.3, 0.4) is 0 Å². The van der Waals surface area contributed by atoms with Crippen LogP contribution in [0.1, 0.15) is 33.6 Å². The van der Waals surface area contributed by atoms with Crippen LogP contribution in [0, 0.1) is 5.92 Å². The summed E-state index contributed by atoms with van der Waals surface area (Å²) in [6, 6.07) is 5.07. The number of piperidine rings is 1. The van der Waals surface area contributed by atoms with Gasteiger partial charge < -0.3 is 20.1 Å². The highest BCUT2D eigenvalue weighted by molar-refractivity contribution is 5.91. The van der Waals surface area contributed by atoms with Gasteiger partial charge in [-0.3, -0.25) is 4.90 Å². The molecule has 1 aliphatic heterocycles. The van der Waals surface area contributed by atoms with Gasteiger partial charge in [-0.2, -0.15) is 0 Å². The smallest absolute Gasteiger partial charge is 0.319 e. The van der Waals surface area contributed by atoms with Gasteiger partial charge in [0.15, 0.2) is 0 Å². The molecule has 1 saturated heterocycles. The Hall–Kier alpha value is -1.95. The lowest BCUT2D eigenvalue weighted by atomic mass is 9.93. The van der Waals surface area contributed by atoms with Gasteiger partial charge in [-0.15, -0.1) is 0 Å². The summed E-state index contributed by atoms with van der Waals surface area (Å²) in [6.07, 6.45) is 2.51. The van der Waals surface area contributed by atoms with Crippen molar-refractivity contribution in [2.45, 2.75) is 39.2 Å². The van der Waals surface area contributed by atoms with E-state index in [4.69, 9.17) is 9.47 Å². The molecule has 1 unspecified atom stereocenters. The van der Waals surface area contributed by atoms with Crippen LogP contribution in [-0.4, -0.2) is 50.3 Å². The maximum absolute atomic E-state index is 12.3. The average molecular weight is 349 g/mol. The summed E-state index contributed by atoms with van der Waals surface area (Å²) in [5.74, 6) is 1.97. The first-order valence-corrected chi connectivity index (χ1v) is 8.87. The second-order valence-corrected chi connectivity index (χ2v) is 7.38. The normalized spacial score (nSPS) is 18.5. The molecule has 6 nitrogen and oxygen atoms in total. The van der Waals surface area contributed by atoms with Crippen molar-refractivity contribution in [3.63, 3.8) is 0 Å². The van der Waals surface area contributed by atoms with Gasteiger partial charge in [0.25, 0.3) is 0 Å². The van der Waals surface area contributed by atoms with Gasteiger partial charge in [0.2, 0.25) is 0 Å². The minimum atomic E-state index is -0.246. The van der Waals surface area contributed by atoms with Crippen LogP contribution in [-0.2, 0) is 0 Å². The fraction of sp³-hybridized carbons (Fsp3) is 0.632. The number of carbonyl (C=O) groups is 1. The minimum Gasteiger partial charge on any atom is -0.497 e. The highest BCUT2D eigenvalue weighted by Crippen LogP contribution is 2.29. The van der Waals surface area contributed by atoms with E-state index in [0.29, 0.717) is 29.6 Å². The SMILES string of the molecule is COc1ccc(OC)c(NC(=O)NCC(C)(C)N2CCCC(C)C2)c1. The van der Waals surface area contributed by atoms with E-state index in [1.165, 1.54) is 12.8 Å². The van der Waals surface area contributed by atoms with Crippen LogP contribution >= 0.6 is 0 Å². The molecule has 0 bridgehead atoms. The van der Waals surface area contributed by atoms with Gasteiger partial charge in [0, 0.05) is 24.7 Å². The molecule has 2 amide bonds. The van der Waals surface area contributed by atoms with Gasteiger partial charge in [0.1, 0.15) is 11.5 Å². The lowest BCUT2D eigenvalue weighted by Crippen LogP contribution is -2.55. The average Bonchev–Trinajstić information content (AvgIpc) is 2.60. The summed E-state index contributed by atoms with van der Waals surface area (Å²) in [4.78, 5) is 14.8. The van der Waals surface area contributed by atoms with E-state index in [0.717, 1.165) is 13.1 Å². The van der Waals surface area contributed by atoms with E-state index in [2.05, 4.69) is 36.3 Å². The lowest BCUT2D eigenvalue weighted by Gasteiger charge is -2.43. The van der Waals surface area contributed by atoms with Crippen molar-refractivity contribution in [2.24, 2.45) is 5.92 Å². The van der Waals surface area contributed by atoms with E-state index < -0.39 is 0 Å². The third kappa shape index (κ3) is 5.26. The molecule has 1 atom stereocenters. The zero-order valence-electron chi connectivity index (χ0n) is 16.0. The van der Waals surface area contributed by atoms with Crippen molar-refractivity contribution in [3.8, 4) is 11.5 Å². The third-order valence-corrected chi connectivity index (χ3v) is 4.85. The number of amides is 2. The molecule has 0 radical (unpaired) electrons. The molecule has 0 saturated carbocycles. The van der Waals surface area contributed by atoms with Crippen molar-refractivity contribution in [3.05, 3.63) is 18.2 Å². The molecule has 1 aromatic carbocycles. The van der Waals surface area contributed by atoms with Gasteiger partial charge in [-0.1, -0.05) is 6.92 Å². The first-order valence-electron chi connectivity index (χ1n) is 8.87. The number of nitrogens with zero attached hydrogens (tertiary/aromatic N) is 1. The number of anilines is 1. The fourth-order valence-electron chi connectivity index (χ4n) is 3.23. The predicted octanol–water partition coefficient (Wildman–Crippen LogP) is 3.34. The van der Waals surface area contributed by atoms with Gasteiger partial charge in [-0.05, 0) is 51.3 Å². The summed E-state index contributed by atoms with van der Waals surface area (Å²) >= 11 is 0. The van der Waals surface area contributed by atoms with Crippen LogP contribution in [0.15, 0.2) is 18.2 Å². The Balaban J connectivity index is 1.94. The summed E-state index contributed by atoms with van der Waals surface area (Å²) in [7, 11) is 3.17. The number of carbonyl (C=O) groups excluding carboxylic acids is 1. The van der Waals surface area contributed by atoms with Crippen LogP contribution in [0.25, 0.3) is 0 Å². The number of ether oxygens (including phenoxy) is 2. The molecule has 25 heavy (non-hydrogen) atoms. The summed E-state index contributed by atoms with van der Waals surface area (Å²) in [6.45, 7) is 9.40. The Morgan fingerprint density at radius 3 is 2.72 bits per heavy atom. The third-order valence-electron chi connectivity index (χ3n) is 4.85. The molecule has 140 valence electrons. The molecular formula is C19H31N3O3. The highest BCUT2D eigenvalue weighted by Gasteiger charge is 2.30. The maximum Gasteiger partial charge on any atom is 0.319 e. The number of urea groups is 1. The second-order valence-electron chi connectivity index (χ2n) is 7.38. The monoisotopic (exact) mass is 349 g/mol. The quantitative estimate of drug-likeness (QED) is 0.827. The topological polar surface area (TPSA) is 62.8 Å². The maximum atomic E-state index is 12.3. The molecule has 1 aromatic rings. The fourth-order valence-corrected chi connectivity index (χ4v) is 3.23. The summed E-state index contributed by atoms with van der Waals surface area (Å²) in [5.41, 5.74) is 0.508. The van der Waals surface area contributed by atoms with E-state index in [1.807, 2.05) is 0 Å². The number of nitrogens with one attached hydrogen (secondary N) is 2. The number of hydrogen-bond donors (Lipinski definition) is 2. The number of hydrogen-bond acceptors (Lipinski definition) is 4. The molecule has 0 aromatic heterocycles. The van der Waals surface area contributed by atoms with Crippen LogP contribution in [0.2, 0.25) is 0 Å². The molecule has 1 aliphatic rings. The van der Waals surface area contributed by atoms with Crippen molar-refractivity contribution in [1.29, 1.82) is 0 Å². The Morgan fingerprint density at radius 2 is 2.08 bits per heavy atom. The van der Waals surface area contributed by atoms with Crippen LogP contribution in [0.5, 0.6) is 11.5 Å². The van der Waals surface area contributed by atoms with Crippen molar-refractivity contribution < 1.29 is 14.3 Å². The number of likely N-dealkylation sites (tertiary alicyclic amines) is 1. The first kappa shape index (κ1) is 19.4. The summed E-state index contributed by atoms with van der Waals surface area (Å²) in [5, 5.41) is 5.83. The number of rotatable bonds is 6. The Labute approximate surface area is 150 Å². The molecule has 0 aliphatic carbocycles. The van der Waals surface area contributed by atoms with Gasteiger partial charge in [0.05, 0.1) is 19.9 Å². The van der Waals surface area contributed by atoms with E-state index in [-0.39, 0.29) is 11.6 Å². The summed E-state index contributed by atoms with van der Waals surface area (Å²) < 4.78 is 10.5. The Kier molecular flexibility index (Phi) is 6.53. The van der Waals surface area contributed by atoms with E-state index in [9.17, 15) is 4.79 Å². The molecular weight excluding hydrogens is 318 g/mol. The van der Waals surface area contributed by atoms with Crippen molar-refractivity contribution in [2.75, 3.05) is 39.2 Å². The predicted molar refractivity (Wildman–Crippen MR) is 101 cm³/mol. The van der Waals surface area contributed by atoms with Crippen LogP contribution in [0.4, 0.5) is 10.5 Å². The lowest BCUT2D eigenvalue weighted by molar-refractivity contribution is 0.0728. The van der Waals surface area contributed by atoms with Crippen molar-refractivity contribution >= 4 is 11.7 Å². The van der Waals surface area contributed by atoms with E-state index in [1.54, 1.807) is 32.4 Å². The molecule has 1 heterocycles. The Bertz CT molecular complexity index is 589. The highest BCUT2D eigenvalue weighted by atomic mass is 16.5. The zero-order chi connectivity index (χ0) is 18.4. The largest absolute Gasteiger partial charge is 0.497 e. The standard InChI is InChI=1S/C19H31N3O3/c1-14-7-6-10-22(12-14)19(2,3)13-20-18(23)21-16-11-15(24-4)8-9-17(16)25-5/h8-9,11,14H,6-7,10,12-13H2,1-5H3,(H2,20,21,23). The molecule has 6 heteroatoms. The minimum absolute atomic E-state index is 0.0789. The van der Waals surface area contributed by atoms with Gasteiger partial charge >= 0.3 is 6.03 Å². The second kappa shape index (κ2) is 8.43. The zero-order valence-corrected chi connectivity index (χ0v) is 16.0. The number of methoxy groups -OCH3 is 2. The molecule has 1 fully saturated rings. The molecule has 0 spiro atoms. The van der Waals surface area contributed by atoms with Crippen LogP contribution < -0.4 is 20.1 Å². The van der Waals surface area contributed by atoms with E-state index >= 15 is 0 Å². The molecule has 2 rings (SSSR count). The number of benzene rings is 1. The Morgan fingerprint density at radius 1 is 1.32 bits per heavy atom. The molecule has 2 N–H and O–H groups in total. The van der Waals surface area contributed by atoms with Crippen molar-refractivity contribution in [1.82, 2.24) is 10.2 Å². The van der Waals surface area contributed by atoms with Gasteiger partial charge in [-0.25, -0.2) is 4.79 Å².